The number of amides is 5. The van der Waals surface area contributed by atoms with E-state index >= 15 is 0 Å². The Hall–Kier alpha value is -3.84. The predicted molar refractivity (Wildman–Crippen MR) is 184 cm³/mol. The number of rotatable bonds is 7. The number of hydrogen-bond acceptors (Lipinski definition) is 8. The van der Waals surface area contributed by atoms with E-state index in [2.05, 4.69) is 21.1 Å². The van der Waals surface area contributed by atoms with Gasteiger partial charge in [0.15, 0.2) is 5.76 Å². The lowest BCUT2D eigenvalue weighted by atomic mass is 9.96. The molecule has 0 bridgehead atoms. The summed E-state index contributed by atoms with van der Waals surface area (Å²) in [6.07, 6.45) is 7.12. The maximum absolute atomic E-state index is 14.4. The molecule has 1 aliphatic heterocycles. The lowest BCUT2D eigenvalue weighted by Crippen LogP contribution is -2.48. The van der Waals surface area contributed by atoms with Crippen LogP contribution in [-0.2, 0) is 4.74 Å². The van der Waals surface area contributed by atoms with Gasteiger partial charge < -0.3 is 44.9 Å². The van der Waals surface area contributed by atoms with Crippen LogP contribution < -0.4 is 20.7 Å². The predicted octanol–water partition coefficient (Wildman–Crippen LogP) is 5.71. The maximum atomic E-state index is 14.4. The van der Waals surface area contributed by atoms with E-state index in [-0.39, 0.29) is 55.7 Å². The normalized spacial score (nSPS) is 22.1. The first kappa shape index (κ1) is 37.0. The molecule has 4 rings (SSSR count). The van der Waals surface area contributed by atoms with Gasteiger partial charge in [-0.3, -0.25) is 4.79 Å². The summed E-state index contributed by atoms with van der Waals surface area (Å²) in [6.45, 7) is 9.99. The first-order chi connectivity index (χ1) is 23.0. The van der Waals surface area contributed by atoms with Crippen molar-refractivity contribution in [2.75, 3.05) is 44.0 Å². The molecule has 0 radical (unpaired) electrons. The van der Waals surface area contributed by atoms with Crippen molar-refractivity contribution >= 4 is 29.3 Å². The number of aliphatic hydroxyl groups excluding tert-OH is 1. The van der Waals surface area contributed by atoms with Gasteiger partial charge in [-0.15, -0.1) is 0 Å². The number of benzene rings is 1. The van der Waals surface area contributed by atoms with Crippen LogP contribution in [0, 0.1) is 19.8 Å². The lowest BCUT2D eigenvalue weighted by molar-refractivity contribution is -0.0115. The molecular weight excluding hydrogens is 616 g/mol. The third-order valence-corrected chi connectivity index (χ3v) is 9.32. The van der Waals surface area contributed by atoms with E-state index < -0.39 is 12.1 Å². The molecule has 1 fully saturated rings. The second-order valence-corrected chi connectivity index (χ2v) is 13.5. The highest BCUT2D eigenvalue weighted by molar-refractivity contribution is 5.99. The third kappa shape index (κ3) is 10.1. The number of anilines is 2. The Kier molecular flexibility index (Phi) is 13.5. The zero-order valence-electron chi connectivity index (χ0n) is 29.3. The molecule has 2 aliphatic rings. The second kappa shape index (κ2) is 17.5. The first-order valence-corrected chi connectivity index (χ1v) is 17.3. The van der Waals surface area contributed by atoms with Crippen LogP contribution in [0.25, 0.3) is 0 Å². The van der Waals surface area contributed by atoms with Crippen LogP contribution in [0.15, 0.2) is 22.7 Å². The average molecular weight is 671 g/mol. The summed E-state index contributed by atoms with van der Waals surface area (Å²) >= 11 is 0. The van der Waals surface area contributed by atoms with Crippen LogP contribution in [0.4, 0.5) is 21.0 Å². The maximum Gasteiger partial charge on any atom is 0.321 e. The number of hydrogen-bond donors (Lipinski definition) is 4. The fourth-order valence-electron chi connectivity index (χ4n) is 6.28. The van der Waals surface area contributed by atoms with E-state index in [1.165, 1.54) is 6.42 Å². The fourth-order valence-corrected chi connectivity index (χ4v) is 6.28. The highest BCUT2D eigenvalue weighted by Gasteiger charge is 2.31. The molecular formula is C35H54N6O7. The topological polar surface area (TPSA) is 158 Å². The summed E-state index contributed by atoms with van der Waals surface area (Å²) in [7, 11) is 1.70. The standard InChI is InChI=1S/C35H54N6O7/c1-22-19-41(23(2)21-42)33(43)29-18-28(37-34(44)36-27-13-8-7-9-14-27)15-16-30(29)47-24(3)12-10-11-17-46-31(22)20-40(6)35(45)38-32-25(4)39-48-26(32)5/h15-16,18,22-24,27,31,42H,7-14,17,19-21H2,1-6H3,(H,38,45)(H2,36,37,44)/t22-,23+,24-,31-/m0/s1. The summed E-state index contributed by atoms with van der Waals surface area (Å²) in [5.41, 5.74) is 1.90. The molecule has 2 heterocycles. The third-order valence-electron chi connectivity index (χ3n) is 9.32. The van der Waals surface area contributed by atoms with Gasteiger partial charge in [0.2, 0.25) is 0 Å². The minimum absolute atomic E-state index is 0.139. The smallest absolute Gasteiger partial charge is 0.321 e. The van der Waals surface area contributed by atoms with Gasteiger partial charge >= 0.3 is 12.1 Å². The highest BCUT2D eigenvalue weighted by atomic mass is 16.5. The minimum atomic E-state index is -0.523. The van der Waals surface area contributed by atoms with Gasteiger partial charge in [0.25, 0.3) is 5.91 Å². The van der Waals surface area contributed by atoms with Crippen molar-refractivity contribution in [1.82, 2.24) is 20.3 Å². The van der Waals surface area contributed by atoms with Crippen molar-refractivity contribution in [2.24, 2.45) is 5.92 Å². The van der Waals surface area contributed by atoms with Crippen LogP contribution in [0.1, 0.15) is 93.9 Å². The molecule has 0 spiro atoms. The number of fused-ring (bicyclic) bond motifs is 1. The van der Waals surface area contributed by atoms with Crippen LogP contribution >= 0.6 is 0 Å². The Bertz CT molecular complexity index is 1360. The monoisotopic (exact) mass is 670 g/mol. The summed E-state index contributed by atoms with van der Waals surface area (Å²) in [5.74, 6) is 0.396. The molecule has 1 aliphatic carbocycles. The largest absolute Gasteiger partial charge is 0.490 e. The Morgan fingerprint density at radius 1 is 1.08 bits per heavy atom. The molecule has 5 amide bonds. The van der Waals surface area contributed by atoms with Crippen LogP contribution in [0.3, 0.4) is 0 Å². The summed E-state index contributed by atoms with van der Waals surface area (Å²) in [6, 6.07) is 4.11. The summed E-state index contributed by atoms with van der Waals surface area (Å²) < 4.78 is 17.9. The molecule has 13 heteroatoms. The van der Waals surface area contributed by atoms with Gasteiger partial charge in [0.1, 0.15) is 17.1 Å². The van der Waals surface area contributed by atoms with Crippen molar-refractivity contribution in [3.8, 4) is 5.75 Å². The number of aliphatic hydroxyl groups is 1. The number of ether oxygens (including phenoxy) is 2. The molecule has 0 saturated heterocycles. The Morgan fingerprint density at radius 2 is 1.81 bits per heavy atom. The Balaban J connectivity index is 1.56. The first-order valence-electron chi connectivity index (χ1n) is 17.3. The second-order valence-electron chi connectivity index (χ2n) is 13.5. The fraction of sp³-hybridized carbons (Fsp3) is 0.657. The van der Waals surface area contributed by atoms with Crippen molar-refractivity contribution in [3.05, 3.63) is 35.2 Å². The Labute approximate surface area is 284 Å². The van der Waals surface area contributed by atoms with Crippen LogP contribution in [0.5, 0.6) is 5.75 Å². The average Bonchev–Trinajstić information content (AvgIpc) is 3.38. The molecule has 13 nitrogen and oxygen atoms in total. The Morgan fingerprint density at radius 3 is 2.50 bits per heavy atom. The number of urea groups is 2. The number of carbonyl (C=O) groups excluding carboxylic acids is 3. The van der Waals surface area contributed by atoms with Crippen molar-refractivity contribution in [2.45, 2.75) is 110 Å². The number of likely N-dealkylation sites (N-methyl/N-ethyl adjacent to an activating group) is 1. The molecule has 0 unspecified atom stereocenters. The van der Waals surface area contributed by atoms with Gasteiger partial charge in [-0.1, -0.05) is 31.3 Å². The lowest BCUT2D eigenvalue weighted by Gasteiger charge is -2.35. The molecule has 1 aromatic heterocycles. The molecule has 1 saturated carbocycles. The minimum Gasteiger partial charge on any atom is -0.490 e. The summed E-state index contributed by atoms with van der Waals surface area (Å²) in [4.78, 5) is 43.6. The van der Waals surface area contributed by atoms with Gasteiger partial charge in [0.05, 0.1) is 30.4 Å². The SMILES string of the molecule is Cc1noc(C)c1NC(=O)N(C)C[C@@H]1OCCCC[C@H](C)Oc2ccc(NC(=O)NC3CCCCC3)cc2C(=O)N([C@H](C)CO)C[C@@H]1C. The van der Waals surface area contributed by atoms with Gasteiger partial charge in [-0.05, 0) is 78.0 Å². The van der Waals surface area contributed by atoms with E-state index in [4.69, 9.17) is 14.0 Å². The van der Waals surface area contributed by atoms with E-state index in [1.807, 2.05) is 13.8 Å². The molecule has 266 valence electrons. The molecule has 1 aromatic carbocycles. The number of carbonyl (C=O) groups is 3. The van der Waals surface area contributed by atoms with Crippen LogP contribution in [0.2, 0.25) is 0 Å². The van der Waals surface area contributed by atoms with Gasteiger partial charge in [-0.2, -0.15) is 0 Å². The molecule has 4 atom stereocenters. The molecule has 4 N–H and O–H groups in total. The zero-order valence-corrected chi connectivity index (χ0v) is 29.3. The summed E-state index contributed by atoms with van der Waals surface area (Å²) in [5, 5.41) is 23.0. The number of aryl methyl sites for hydroxylation is 2. The van der Waals surface area contributed by atoms with Crippen molar-refractivity contribution in [3.63, 3.8) is 0 Å². The van der Waals surface area contributed by atoms with Crippen molar-refractivity contribution < 1.29 is 33.5 Å². The van der Waals surface area contributed by atoms with E-state index in [0.717, 1.165) is 44.9 Å². The quantitative estimate of drug-likeness (QED) is 0.292. The number of aromatic nitrogens is 1. The highest BCUT2D eigenvalue weighted by Crippen LogP contribution is 2.29. The van der Waals surface area contributed by atoms with Crippen molar-refractivity contribution in [1.29, 1.82) is 0 Å². The van der Waals surface area contributed by atoms with E-state index in [0.29, 0.717) is 40.7 Å². The number of nitrogens with one attached hydrogen (secondary N) is 3. The van der Waals surface area contributed by atoms with Gasteiger partial charge in [0, 0.05) is 44.4 Å². The van der Waals surface area contributed by atoms with E-state index in [1.54, 1.807) is 55.8 Å². The molecule has 48 heavy (non-hydrogen) atoms. The van der Waals surface area contributed by atoms with Gasteiger partial charge in [-0.25, -0.2) is 9.59 Å². The zero-order chi connectivity index (χ0) is 34.8. The molecule has 2 aromatic rings. The van der Waals surface area contributed by atoms with E-state index in [9.17, 15) is 19.5 Å². The van der Waals surface area contributed by atoms with Crippen LogP contribution in [-0.4, -0.2) is 95.7 Å². The number of nitrogens with zero attached hydrogens (tertiary/aromatic N) is 3.